The van der Waals surface area contributed by atoms with Crippen molar-refractivity contribution < 1.29 is 0 Å². The molecule has 0 bridgehead atoms. The Bertz CT molecular complexity index is 559. The summed E-state index contributed by atoms with van der Waals surface area (Å²) < 4.78 is 0. The average molecular weight is 202 g/mol. The second-order valence-electron chi connectivity index (χ2n) is 3.00. The maximum absolute atomic E-state index is 5.74. The summed E-state index contributed by atoms with van der Waals surface area (Å²) in [4.78, 5) is 10.9. The van der Waals surface area contributed by atoms with Crippen LogP contribution in [-0.4, -0.2) is 15.0 Å². The van der Waals surface area contributed by atoms with Crippen LogP contribution < -0.4 is 17.2 Å². The Balaban J connectivity index is 2.61. The first-order chi connectivity index (χ1) is 7.22. The summed E-state index contributed by atoms with van der Waals surface area (Å²) in [6.45, 7) is 0. The maximum atomic E-state index is 5.74. The fourth-order valence-corrected chi connectivity index (χ4v) is 1.43. The van der Waals surface area contributed by atoms with E-state index < -0.39 is 0 Å². The topological polar surface area (TPSA) is 120 Å². The van der Waals surface area contributed by atoms with Crippen molar-refractivity contribution in [3.8, 4) is 12.0 Å². The standard InChI is InChI=1S/C9H10N6/c10-3-1-2-5-4-13-8-6(5)7(11)14-9(12)15-8/h4H,2,10H2,(H5,11,12,13,14,15). The molecule has 0 aliphatic carbocycles. The van der Waals surface area contributed by atoms with E-state index in [-0.39, 0.29) is 5.95 Å². The van der Waals surface area contributed by atoms with E-state index in [0.717, 1.165) is 10.9 Å². The summed E-state index contributed by atoms with van der Waals surface area (Å²) >= 11 is 0. The van der Waals surface area contributed by atoms with E-state index in [4.69, 9.17) is 17.2 Å². The van der Waals surface area contributed by atoms with Crippen LogP contribution in [0.2, 0.25) is 0 Å². The Hall–Kier alpha value is -2.42. The Morgan fingerprint density at radius 1 is 1.33 bits per heavy atom. The van der Waals surface area contributed by atoms with Gasteiger partial charge in [-0.2, -0.15) is 9.97 Å². The highest BCUT2D eigenvalue weighted by molar-refractivity contribution is 5.90. The normalized spacial score (nSPS) is 9.87. The minimum absolute atomic E-state index is 0.151. The Morgan fingerprint density at radius 3 is 2.87 bits per heavy atom. The summed E-state index contributed by atoms with van der Waals surface area (Å²) in [5.41, 5.74) is 17.8. The van der Waals surface area contributed by atoms with Crippen molar-refractivity contribution in [1.29, 1.82) is 0 Å². The first-order valence-corrected chi connectivity index (χ1v) is 4.29. The molecule has 0 amide bonds. The molecule has 76 valence electrons. The molecule has 0 radical (unpaired) electrons. The number of anilines is 2. The third-order valence-electron chi connectivity index (χ3n) is 2.04. The Morgan fingerprint density at radius 2 is 2.13 bits per heavy atom. The number of H-pyrrole nitrogens is 1. The molecule has 0 atom stereocenters. The number of rotatable bonds is 1. The Kier molecular flexibility index (Phi) is 2.06. The number of fused-ring (bicyclic) bond motifs is 1. The Labute approximate surface area is 85.9 Å². The molecule has 6 nitrogen and oxygen atoms in total. The molecule has 2 rings (SSSR count). The second-order valence-corrected chi connectivity index (χ2v) is 3.00. The van der Waals surface area contributed by atoms with Gasteiger partial charge in [0.15, 0.2) is 0 Å². The molecule has 0 aliphatic heterocycles. The van der Waals surface area contributed by atoms with Gasteiger partial charge >= 0.3 is 0 Å². The zero-order valence-electron chi connectivity index (χ0n) is 7.91. The SMILES string of the molecule is NC#CCc1c[nH]c2nc(N)nc(N)c12. The van der Waals surface area contributed by atoms with Crippen LogP contribution in [0, 0.1) is 12.0 Å². The molecule has 0 saturated carbocycles. The molecule has 0 fully saturated rings. The fraction of sp³-hybridized carbons (Fsp3) is 0.111. The number of hydrogen-bond acceptors (Lipinski definition) is 5. The number of hydrogen-bond donors (Lipinski definition) is 4. The summed E-state index contributed by atoms with van der Waals surface area (Å²) in [6.07, 6.45) is 2.29. The summed E-state index contributed by atoms with van der Waals surface area (Å²) in [6, 6.07) is 2.33. The van der Waals surface area contributed by atoms with Gasteiger partial charge in [-0.3, -0.25) is 0 Å². The van der Waals surface area contributed by atoms with Gasteiger partial charge in [-0.25, -0.2) is 0 Å². The molecule has 7 N–H and O–H groups in total. The first-order valence-electron chi connectivity index (χ1n) is 4.29. The lowest BCUT2D eigenvalue weighted by molar-refractivity contribution is 1.22. The van der Waals surface area contributed by atoms with Crippen LogP contribution >= 0.6 is 0 Å². The van der Waals surface area contributed by atoms with Gasteiger partial charge in [0, 0.05) is 18.7 Å². The highest BCUT2D eigenvalue weighted by Gasteiger charge is 2.09. The fourth-order valence-electron chi connectivity index (χ4n) is 1.43. The molecule has 2 aromatic heterocycles. The van der Waals surface area contributed by atoms with Gasteiger partial charge in [-0.05, 0) is 5.56 Å². The lowest BCUT2D eigenvalue weighted by Gasteiger charge is -1.98. The number of nitrogens with zero attached hydrogens (tertiary/aromatic N) is 2. The predicted molar refractivity (Wildman–Crippen MR) is 58.4 cm³/mol. The van der Waals surface area contributed by atoms with Crippen LogP contribution in [-0.2, 0) is 6.42 Å². The number of aromatic amines is 1. The van der Waals surface area contributed by atoms with Gasteiger partial charge in [0.1, 0.15) is 11.5 Å². The molecule has 0 aromatic carbocycles. The molecule has 0 unspecified atom stereocenters. The highest BCUT2D eigenvalue weighted by atomic mass is 15.1. The first kappa shape index (κ1) is 9.15. The van der Waals surface area contributed by atoms with Crippen molar-refractivity contribution in [2.24, 2.45) is 5.73 Å². The summed E-state index contributed by atoms with van der Waals surface area (Å²) in [5, 5.41) is 0.756. The van der Waals surface area contributed by atoms with Gasteiger partial charge < -0.3 is 22.2 Å². The number of nitrogens with one attached hydrogen (secondary N) is 1. The molecule has 2 heterocycles. The minimum Gasteiger partial charge on any atom is -0.383 e. The minimum atomic E-state index is 0.151. The van der Waals surface area contributed by atoms with E-state index in [9.17, 15) is 0 Å². The van der Waals surface area contributed by atoms with Crippen molar-refractivity contribution >= 4 is 22.8 Å². The molecule has 15 heavy (non-hydrogen) atoms. The van der Waals surface area contributed by atoms with Crippen LogP contribution in [0.25, 0.3) is 11.0 Å². The molecule has 0 aliphatic rings. The largest absolute Gasteiger partial charge is 0.383 e. The quantitative estimate of drug-likeness (QED) is 0.370. The van der Waals surface area contributed by atoms with E-state index >= 15 is 0 Å². The van der Waals surface area contributed by atoms with Gasteiger partial charge in [-0.15, -0.1) is 0 Å². The smallest absolute Gasteiger partial charge is 0.223 e. The highest BCUT2D eigenvalue weighted by Crippen LogP contribution is 2.22. The molecule has 0 saturated heterocycles. The molecule has 2 aromatic rings. The third kappa shape index (κ3) is 1.50. The van der Waals surface area contributed by atoms with Gasteiger partial charge in [0.25, 0.3) is 0 Å². The van der Waals surface area contributed by atoms with Crippen LogP contribution in [0.4, 0.5) is 11.8 Å². The van der Waals surface area contributed by atoms with Crippen molar-refractivity contribution in [2.45, 2.75) is 6.42 Å². The zero-order chi connectivity index (χ0) is 10.8. The number of nitrogens with two attached hydrogens (primary N) is 3. The maximum Gasteiger partial charge on any atom is 0.223 e. The van der Waals surface area contributed by atoms with E-state index in [1.807, 2.05) is 0 Å². The third-order valence-corrected chi connectivity index (χ3v) is 2.04. The zero-order valence-corrected chi connectivity index (χ0v) is 7.91. The van der Waals surface area contributed by atoms with E-state index in [0.29, 0.717) is 17.9 Å². The van der Waals surface area contributed by atoms with Crippen LogP contribution in [0.15, 0.2) is 6.20 Å². The molecule has 6 heteroatoms. The summed E-state index contributed by atoms with van der Waals surface area (Å²) in [7, 11) is 0. The molecular weight excluding hydrogens is 192 g/mol. The van der Waals surface area contributed by atoms with Crippen molar-refractivity contribution in [3.63, 3.8) is 0 Å². The van der Waals surface area contributed by atoms with Crippen molar-refractivity contribution in [3.05, 3.63) is 11.8 Å². The lowest BCUT2D eigenvalue weighted by atomic mass is 10.2. The predicted octanol–water partition coefficient (Wildman–Crippen LogP) is -0.416. The lowest BCUT2D eigenvalue weighted by Crippen LogP contribution is -2.00. The second kappa shape index (κ2) is 3.38. The van der Waals surface area contributed by atoms with Gasteiger partial charge in [-0.1, -0.05) is 5.92 Å². The number of aromatic nitrogens is 3. The van der Waals surface area contributed by atoms with Crippen LogP contribution in [0.1, 0.15) is 5.56 Å². The average Bonchev–Trinajstić information content (AvgIpc) is 2.58. The van der Waals surface area contributed by atoms with Crippen molar-refractivity contribution in [1.82, 2.24) is 15.0 Å². The van der Waals surface area contributed by atoms with E-state index in [1.54, 1.807) is 6.20 Å². The van der Waals surface area contributed by atoms with Crippen molar-refractivity contribution in [2.75, 3.05) is 11.5 Å². The molecule has 0 spiro atoms. The molecular formula is C9H10N6. The monoisotopic (exact) mass is 202 g/mol. The number of nitrogen functional groups attached to an aromatic ring is 2. The van der Waals surface area contributed by atoms with E-state index in [2.05, 4.69) is 26.9 Å². The van der Waals surface area contributed by atoms with E-state index in [1.165, 1.54) is 0 Å². The summed E-state index contributed by atoms with van der Waals surface area (Å²) in [5.74, 6) is 3.26. The van der Waals surface area contributed by atoms with Gasteiger partial charge in [0.05, 0.1) is 5.39 Å². The van der Waals surface area contributed by atoms with Gasteiger partial charge in [0.2, 0.25) is 5.95 Å². The van der Waals surface area contributed by atoms with Crippen LogP contribution in [0.5, 0.6) is 0 Å². The van der Waals surface area contributed by atoms with Crippen LogP contribution in [0.3, 0.4) is 0 Å².